The number of aromatic nitrogens is 2. The summed E-state index contributed by atoms with van der Waals surface area (Å²) in [6, 6.07) is 20.3. The van der Waals surface area contributed by atoms with Crippen molar-refractivity contribution < 1.29 is 9.53 Å². The monoisotopic (exact) mass is 371 g/mol. The van der Waals surface area contributed by atoms with E-state index in [2.05, 4.69) is 16.0 Å². The number of hydrogen-bond donors (Lipinski definition) is 1. The molecule has 1 N–H and O–H groups in total. The zero-order chi connectivity index (χ0) is 18.6. The summed E-state index contributed by atoms with van der Waals surface area (Å²) in [7, 11) is 0. The van der Waals surface area contributed by atoms with Crippen molar-refractivity contribution in [1.82, 2.24) is 9.97 Å². The average molecular weight is 371 g/mol. The van der Waals surface area contributed by atoms with Crippen LogP contribution in [0.3, 0.4) is 0 Å². The smallest absolute Gasteiger partial charge is 0.353 e. The minimum absolute atomic E-state index is 0.381. The fraction of sp³-hybridized carbons (Fsp3) is 0. The van der Waals surface area contributed by atoms with E-state index in [1.54, 1.807) is 42.5 Å². The third-order valence-corrected chi connectivity index (χ3v) is 4.74. The second-order valence-electron chi connectivity index (χ2n) is 5.71. The van der Waals surface area contributed by atoms with Crippen LogP contribution in [0.25, 0.3) is 22.7 Å². The van der Waals surface area contributed by atoms with Crippen LogP contribution in [-0.4, -0.2) is 15.9 Å². The van der Waals surface area contributed by atoms with E-state index in [0.717, 1.165) is 16.6 Å². The van der Waals surface area contributed by atoms with Crippen molar-refractivity contribution in [3.8, 4) is 11.8 Å². The summed E-state index contributed by atoms with van der Waals surface area (Å²) in [5.74, 6) is 0.591. The summed E-state index contributed by atoms with van der Waals surface area (Å²) < 4.78 is 5.34. The largest absolute Gasteiger partial charge is 0.422 e. The number of nitrogens with one attached hydrogen (secondary N) is 1. The normalized spacial score (nSPS) is 11.3. The molecule has 130 valence electrons. The molecule has 4 aromatic rings. The molecule has 27 heavy (non-hydrogen) atoms. The Morgan fingerprint density at radius 3 is 2.63 bits per heavy atom. The zero-order valence-electron chi connectivity index (χ0n) is 14.0. The number of aromatic amines is 1. The number of hydrogen-bond acceptors (Lipinski definition) is 5. The van der Waals surface area contributed by atoms with E-state index in [0.29, 0.717) is 22.0 Å². The molecule has 0 saturated carbocycles. The minimum atomic E-state index is -0.381. The maximum atomic E-state index is 12.0. The number of H-pyrrole nitrogens is 1. The van der Waals surface area contributed by atoms with Crippen LogP contribution in [0.4, 0.5) is 0 Å². The lowest BCUT2D eigenvalue weighted by molar-refractivity contribution is 0.0740. The Labute approximate surface area is 159 Å². The van der Waals surface area contributed by atoms with Crippen LogP contribution in [-0.2, 0) is 0 Å². The van der Waals surface area contributed by atoms with E-state index in [9.17, 15) is 10.1 Å². The average Bonchev–Trinajstić information content (AvgIpc) is 3.37. The van der Waals surface area contributed by atoms with Gasteiger partial charge in [-0.15, -0.1) is 11.3 Å². The first kappa shape index (κ1) is 16.8. The molecule has 6 heteroatoms. The topological polar surface area (TPSA) is 78.8 Å². The fourth-order valence-corrected chi connectivity index (χ4v) is 3.18. The Morgan fingerprint density at radius 1 is 1.11 bits per heavy atom. The van der Waals surface area contributed by atoms with Crippen LogP contribution < -0.4 is 4.74 Å². The molecule has 0 unspecified atom stereocenters. The van der Waals surface area contributed by atoms with Crippen molar-refractivity contribution in [2.45, 2.75) is 0 Å². The minimum Gasteiger partial charge on any atom is -0.422 e. The number of nitriles is 1. The van der Waals surface area contributed by atoms with Crippen molar-refractivity contribution in [2.24, 2.45) is 0 Å². The number of nitrogens with zero attached hydrogens (tertiary/aromatic N) is 2. The van der Waals surface area contributed by atoms with Crippen molar-refractivity contribution >= 4 is 40.0 Å². The van der Waals surface area contributed by atoms with Crippen LogP contribution >= 0.6 is 11.3 Å². The number of benzene rings is 2. The Kier molecular flexibility index (Phi) is 4.52. The Morgan fingerprint density at radius 2 is 1.93 bits per heavy atom. The first-order valence-electron chi connectivity index (χ1n) is 8.15. The first-order chi connectivity index (χ1) is 13.2. The number of allylic oxidation sites excluding steroid dienone is 1. The molecular formula is C21H13N3O2S. The van der Waals surface area contributed by atoms with Crippen LogP contribution in [0.2, 0.25) is 0 Å². The Bertz CT molecular complexity index is 1130. The van der Waals surface area contributed by atoms with Gasteiger partial charge in [0.05, 0.1) is 16.6 Å². The number of esters is 1. The van der Waals surface area contributed by atoms with Gasteiger partial charge >= 0.3 is 5.97 Å². The van der Waals surface area contributed by atoms with E-state index in [1.807, 2.05) is 29.6 Å². The van der Waals surface area contributed by atoms with Gasteiger partial charge < -0.3 is 9.72 Å². The number of ether oxygens (including phenoxy) is 1. The number of fused-ring (bicyclic) bond motifs is 1. The second kappa shape index (κ2) is 7.28. The summed E-state index contributed by atoms with van der Waals surface area (Å²) in [6.45, 7) is 0. The van der Waals surface area contributed by atoms with Gasteiger partial charge in [-0.3, -0.25) is 0 Å². The predicted octanol–water partition coefficient (Wildman–Crippen LogP) is 4.91. The molecule has 2 aromatic heterocycles. The molecule has 0 aliphatic carbocycles. The number of carbonyl (C=O) groups excluding carboxylic acids is 1. The van der Waals surface area contributed by atoms with Crippen LogP contribution in [0.15, 0.2) is 66.0 Å². The molecule has 0 fully saturated rings. The molecule has 0 saturated heterocycles. The highest BCUT2D eigenvalue weighted by atomic mass is 32.1. The summed E-state index contributed by atoms with van der Waals surface area (Å²) >= 11 is 1.33. The Balaban J connectivity index is 1.55. The van der Waals surface area contributed by atoms with Gasteiger partial charge in [0.2, 0.25) is 0 Å². The van der Waals surface area contributed by atoms with E-state index < -0.39 is 0 Å². The molecule has 0 radical (unpaired) electrons. The lowest BCUT2D eigenvalue weighted by Crippen LogP contribution is -2.05. The summed E-state index contributed by atoms with van der Waals surface area (Å²) in [6.07, 6.45) is 1.74. The highest BCUT2D eigenvalue weighted by molar-refractivity contribution is 7.12. The summed E-state index contributed by atoms with van der Waals surface area (Å²) in [4.78, 5) is 20.1. The molecule has 0 spiro atoms. The van der Waals surface area contributed by atoms with E-state index in [4.69, 9.17) is 4.74 Å². The SMILES string of the molecule is N#C/C(=C\c1ccc(OC(=O)c2cccs2)cc1)c1nc2ccccc2[nH]1. The number of para-hydroxylation sites is 2. The molecule has 0 atom stereocenters. The molecule has 0 aliphatic rings. The quantitative estimate of drug-likeness (QED) is 0.314. The molecule has 0 aliphatic heterocycles. The van der Waals surface area contributed by atoms with Crippen molar-refractivity contribution in [2.75, 3.05) is 0 Å². The second-order valence-corrected chi connectivity index (χ2v) is 6.66. The first-order valence-corrected chi connectivity index (χ1v) is 9.03. The number of rotatable bonds is 4. The van der Waals surface area contributed by atoms with Gasteiger partial charge in [-0.25, -0.2) is 9.78 Å². The van der Waals surface area contributed by atoms with E-state index >= 15 is 0 Å². The van der Waals surface area contributed by atoms with Gasteiger partial charge in [0.15, 0.2) is 0 Å². The van der Waals surface area contributed by atoms with Crippen LogP contribution in [0.1, 0.15) is 21.1 Å². The predicted molar refractivity (Wildman–Crippen MR) is 105 cm³/mol. The molecule has 2 aromatic carbocycles. The standard InChI is InChI=1S/C21H13N3O2S/c22-13-15(20-23-17-4-1-2-5-18(17)24-20)12-14-7-9-16(10-8-14)26-21(25)19-6-3-11-27-19/h1-12H,(H,23,24)/b15-12+. The third kappa shape index (κ3) is 3.64. The van der Waals surface area contributed by atoms with Crippen molar-refractivity contribution in [1.29, 1.82) is 5.26 Å². The molecule has 0 bridgehead atoms. The molecule has 2 heterocycles. The van der Waals surface area contributed by atoms with E-state index in [-0.39, 0.29) is 5.97 Å². The highest BCUT2D eigenvalue weighted by Crippen LogP contribution is 2.21. The van der Waals surface area contributed by atoms with Gasteiger partial charge in [0, 0.05) is 0 Å². The van der Waals surface area contributed by atoms with Gasteiger partial charge in [0.25, 0.3) is 0 Å². The maximum Gasteiger partial charge on any atom is 0.353 e. The molecule has 0 amide bonds. The third-order valence-electron chi connectivity index (χ3n) is 3.89. The van der Waals surface area contributed by atoms with Crippen LogP contribution in [0, 0.1) is 11.3 Å². The summed E-state index contributed by atoms with van der Waals surface area (Å²) in [5.41, 5.74) is 2.92. The van der Waals surface area contributed by atoms with Gasteiger partial charge in [0.1, 0.15) is 22.5 Å². The lowest BCUT2D eigenvalue weighted by atomic mass is 10.1. The van der Waals surface area contributed by atoms with Gasteiger partial charge in [-0.1, -0.05) is 30.3 Å². The van der Waals surface area contributed by atoms with Crippen molar-refractivity contribution in [3.05, 3.63) is 82.3 Å². The van der Waals surface area contributed by atoms with Crippen LogP contribution in [0.5, 0.6) is 5.75 Å². The van der Waals surface area contributed by atoms with Crippen molar-refractivity contribution in [3.63, 3.8) is 0 Å². The molecule has 5 nitrogen and oxygen atoms in total. The fourth-order valence-electron chi connectivity index (χ4n) is 2.58. The Hall–Kier alpha value is -3.69. The number of imidazole rings is 1. The van der Waals surface area contributed by atoms with Gasteiger partial charge in [-0.2, -0.15) is 5.26 Å². The number of carbonyl (C=O) groups is 1. The lowest BCUT2D eigenvalue weighted by Gasteiger charge is -2.03. The highest BCUT2D eigenvalue weighted by Gasteiger charge is 2.10. The number of thiophene rings is 1. The summed E-state index contributed by atoms with van der Waals surface area (Å²) in [5, 5.41) is 11.3. The van der Waals surface area contributed by atoms with E-state index in [1.165, 1.54) is 11.3 Å². The molecular weight excluding hydrogens is 358 g/mol. The van der Waals surface area contributed by atoms with Gasteiger partial charge in [-0.05, 0) is 47.4 Å². The molecule has 4 rings (SSSR count). The maximum absolute atomic E-state index is 12.0. The zero-order valence-corrected chi connectivity index (χ0v) is 14.9.